The van der Waals surface area contributed by atoms with Gasteiger partial charge in [0, 0.05) is 26.2 Å². The van der Waals surface area contributed by atoms with E-state index in [9.17, 15) is 0 Å². The van der Waals surface area contributed by atoms with Crippen molar-refractivity contribution in [1.82, 2.24) is 9.80 Å². The Bertz CT molecular complexity index is 226. The largest absolute Gasteiger partial charge is 0.301 e. The van der Waals surface area contributed by atoms with E-state index in [-0.39, 0.29) is 0 Å². The summed E-state index contributed by atoms with van der Waals surface area (Å²) >= 11 is 0. The van der Waals surface area contributed by atoms with Crippen molar-refractivity contribution in [3.05, 3.63) is 0 Å². The highest BCUT2D eigenvalue weighted by atomic mass is 15.3. The van der Waals surface area contributed by atoms with Crippen LogP contribution in [0.4, 0.5) is 0 Å². The minimum absolute atomic E-state index is 0.602. The zero-order valence-electron chi connectivity index (χ0n) is 12.0. The third-order valence-electron chi connectivity index (χ3n) is 3.84. The molecule has 0 N–H and O–H groups in total. The van der Waals surface area contributed by atoms with Crippen LogP contribution in [0, 0.1) is 11.3 Å². The Morgan fingerprint density at radius 2 is 1.39 bits per heavy atom. The molecule has 3 nitrogen and oxygen atoms in total. The lowest BCUT2D eigenvalue weighted by atomic mass is 10.1. The number of nitrogens with zero attached hydrogens (tertiary/aromatic N) is 3. The number of hydrogen-bond acceptors (Lipinski definition) is 3. The second-order valence-electron chi connectivity index (χ2n) is 5.40. The van der Waals surface area contributed by atoms with Gasteiger partial charge in [0.1, 0.15) is 0 Å². The van der Waals surface area contributed by atoms with Crippen molar-refractivity contribution in [2.75, 3.05) is 39.3 Å². The smallest absolute Gasteiger partial charge is 0.0866 e. The lowest BCUT2D eigenvalue weighted by molar-refractivity contribution is 0.142. The first-order valence-corrected chi connectivity index (χ1v) is 7.68. The molecule has 18 heavy (non-hydrogen) atoms. The average molecular weight is 251 g/mol. The van der Waals surface area contributed by atoms with Gasteiger partial charge < -0.3 is 4.90 Å². The lowest BCUT2D eigenvalue weighted by Gasteiger charge is -2.33. The highest BCUT2D eigenvalue weighted by molar-refractivity contribution is 4.80. The Labute approximate surface area is 113 Å². The van der Waals surface area contributed by atoms with E-state index in [4.69, 9.17) is 5.26 Å². The molecule has 0 saturated carbocycles. The summed E-state index contributed by atoms with van der Waals surface area (Å²) in [6.45, 7) is 8.58. The molecule has 0 atom stereocenters. The summed E-state index contributed by atoms with van der Waals surface area (Å²) in [7, 11) is 0. The Kier molecular flexibility index (Phi) is 8.89. The van der Waals surface area contributed by atoms with Crippen molar-refractivity contribution in [2.24, 2.45) is 0 Å². The molecule has 1 aliphatic rings. The quantitative estimate of drug-likeness (QED) is 0.466. The molecule has 1 fully saturated rings. The number of hydrogen-bond donors (Lipinski definition) is 0. The molecular weight excluding hydrogens is 222 g/mol. The number of rotatable bonds is 9. The summed E-state index contributed by atoms with van der Waals surface area (Å²) in [4.78, 5) is 4.81. The van der Waals surface area contributed by atoms with Gasteiger partial charge >= 0.3 is 0 Å². The maximum atomic E-state index is 8.64. The fraction of sp³-hybridized carbons (Fsp3) is 0.933. The van der Waals surface area contributed by atoms with Gasteiger partial charge in [-0.15, -0.1) is 0 Å². The predicted octanol–water partition coefficient (Wildman–Crippen LogP) is 2.88. The van der Waals surface area contributed by atoms with Crippen molar-refractivity contribution in [3.8, 4) is 6.07 Å². The van der Waals surface area contributed by atoms with E-state index in [2.05, 4.69) is 22.8 Å². The molecule has 0 aliphatic carbocycles. The fourth-order valence-electron chi connectivity index (χ4n) is 2.56. The van der Waals surface area contributed by atoms with Crippen LogP contribution in [0.3, 0.4) is 0 Å². The van der Waals surface area contributed by atoms with Gasteiger partial charge in [0.25, 0.3) is 0 Å². The van der Waals surface area contributed by atoms with Crippen molar-refractivity contribution in [1.29, 1.82) is 5.26 Å². The zero-order valence-corrected chi connectivity index (χ0v) is 12.0. The first-order chi connectivity index (χ1) is 8.86. The monoisotopic (exact) mass is 251 g/mol. The minimum Gasteiger partial charge on any atom is -0.301 e. The van der Waals surface area contributed by atoms with E-state index >= 15 is 0 Å². The van der Waals surface area contributed by atoms with E-state index in [1.54, 1.807) is 0 Å². The summed E-state index contributed by atoms with van der Waals surface area (Å²) in [5, 5.41) is 8.64. The molecule has 0 aromatic heterocycles. The second-order valence-corrected chi connectivity index (χ2v) is 5.40. The molecule has 104 valence electrons. The van der Waals surface area contributed by atoms with E-state index in [1.165, 1.54) is 51.5 Å². The highest BCUT2D eigenvalue weighted by Gasteiger charge is 2.15. The molecule has 0 aromatic rings. The van der Waals surface area contributed by atoms with Gasteiger partial charge in [-0.3, -0.25) is 4.90 Å². The van der Waals surface area contributed by atoms with Crippen molar-refractivity contribution in [2.45, 2.75) is 51.9 Å². The Morgan fingerprint density at radius 1 is 0.833 bits per heavy atom. The topological polar surface area (TPSA) is 30.3 Å². The van der Waals surface area contributed by atoms with E-state index in [0.29, 0.717) is 6.54 Å². The van der Waals surface area contributed by atoms with Crippen molar-refractivity contribution in [3.63, 3.8) is 0 Å². The molecule has 0 aromatic carbocycles. The predicted molar refractivity (Wildman–Crippen MR) is 76.5 cm³/mol. The molecule has 0 amide bonds. The number of unbranched alkanes of at least 4 members (excludes halogenated alkanes) is 6. The first-order valence-electron chi connectivity index (χ1n) is 7.68. The van der Waals surface area contributed by atoms with Gasteiger partial charge in [-0.05, 0) is 13.0 Å². The maximum Gasteiger partial charge on any atom is 0.0866 e. The van der Waals surface area contributed by atoms with Crippen LogP contribution in [0.15, 0.2) is 0 Å². The minimum atomic E-state index is 0.602. The van der Waals surface area contributed by atoms with Gasteiger partial charge in [-0.25, -0.2) is 0 Å². The van der Waals surface area contributed by atoms with Crippen LogP contribution < -0.4 is 0 Å². The van der Waals surface area contributed by atoms with Crippen LogP contribution in [0.25, 0.3) is 0 Å². The summed E-state index contributed by atoms with van der Waals surface area (Å²) in [5.74, 6) is 0. The molecule has 1 aliphatic heterocycles. The van der Waals surface area contributed by atoms with Gasteiger partial charge in [-0.1, -0.05) is 45.4 Å². The van der Waals surface area contributed by atoms with Crippen molar-refractivity contribution >= 4 is 0 Å². The molecule has 3 heteroatoms. The SMILES string of the molecule is CCCCCCCCCN1CCN(CC#N)CC1. The van der Waals surface area contributed by atoms with Crippen molar-refractivity contribution < 1.29 is 0 Å². The summed E-state index contributed by atoms with van der Waals surface area (Å²) in [5.41, 5.74) is 0. The van der Waals surface area contributed by atoms with E-state index in [1.807, 2.05) is 0 Å². The summed E-state index contributed by atoms with van der Waals surface area (Å²) in [6.07, 6.45) is 9.74. The second kappa shape index (κ2) is 10.3. The molecule has 0 spiro atoms. The van der Waals surface area contributed by atoms with Gasteiger partial charge in [0.2, 0.25) is 0 Å². The van der Waals surface area contributed by atoms with Gasteiger partial charge in [-0.2, -0.15) is 5.26 Å². The lowest BCUT2D eigenvalue weighted by Crippen LogP contribution is -2.46. The normalized spacial score (nSPS) is 17.8. The van der Waals surface area contributed by atoms with Crippen LogP contribution >= 0.6 is 0 Å². The Hall–Kier alpha value is -0.590. The molecule has 0 radical (unpaired) electrons. The van der Waals surface area contributed by atoms with Gasteiger partial charge in [0.05, 0.1) is 12.6 Å². The van der Waals surface area contributed by atoms with Crippen LogP contribution in [0.5, 0.6) is 0 Å². The van der Waals surface area contributed by atoms with Crippen LogP contribution in [0.1, 0.15) is 51.9 Å². The third-order valence-corrected chi connectivity index (χ3v) is 3.84. The van der Waals surface area contributed by atoms with Crippen LogP contribution in [-0.2, 0) is 0 Å². The summed E-state index contributed by atoms with van der Waals surface area (Å²) in [6, 6.07) is 2.24. The zero-order chi connectivity index (χ0) is 13.1. The average Bonchev–Trinajstić information content (AvgIpc) is 2.40. The highest BCUT2D eigenvalue weighted by Crippen LogP contribution is 2.08. The Balaban J connectivity index is 1.90. The molecule has 0 unspecified atom stereocenters. The molecular formula is C15H29N3. The molecule has 1 saturated heterocycles. The number of piperazine rings is 1. The van der Waals surface area contributed by atoms with E-state index < -0.39 is 0 Å². The molecule has 1 heterocycles. The van der Waals surface area contributed by atoms with Gasteiger partial charge in [0.15, 0.2) is 0 Å². The first kappa shape index (κ1) is 15.5. The third kappa shape index (κ3) is 6.98. The maximum absolute atomic E-state index is 8.64. The van der Waals surface area contributed by atoms with E-state index in [0.717, 1.165) is 26.2 Å². The molecule has 0 bridgehead atoms. The fourth-order valence-corrected chi connectivity index (χ4v) is 2.56. The standard InChI is InChI=1S/C15H29N3/c1-2-3-4-5-6-7-8-10-17-12-14-18(11-9-16)15-13-17/h2-8,10-15H2,1H3. The summed E-state index contributed by atoms with van der Waals surface area (Å²) < 4.78 is 0. The van der Waals surface area contributed by atoms with Crippen LogP contribution in [-0.4, -0.2) is 49.1 Å². The Morgan fingerprint density at radius 3 is 2.00 bits per heavy atom. The molecule has 1 rings (SSSR count). The number of nitriles is 1. The van der Waals surface area contributed by atoms with Crippen LogP contribution in [0.2, 0.25) is 0 Å².